The number of hydrogen-bond donors (Lipinski definition) is 1. The number of sulfonamides is 1. The zero-order chi connectivity index (χ0) is 32.1. The van der Waals surface area contributed by atoms with Crippen LogP contribution in [0.1, 0.15) is 6.42 Å². The number of benzene rings is 3. The van der Waals surface area contributed by atoms with Crippen molar-refractivity contribution in [1.82, 2.24) is 14.8 Å². The molecule has 3 aromatic carbocycles. The molecule has 1 N–H and O–H groups in total. The van der Waals surface area contributed by atoms with Crippen LogP contribution in [-0.4, -0.2) is 83.8 Å². The lowest BCUT2D eigenvalue weighted by Gasteiger charge is -2.32. The van der Waals surface area contributed by atoms with Gasteiger partial charge in [-0.25, -0.2) is 12.8 Å². The number of ether oxygens (including phenoxy) is 4. The fourth-order valence-corrected chi connectivity index (χ4v) is 6.90. The van der Waals surface area contributed by atoms with Gasteiger partial charge < -0.3 is 28.7 Å². The second-order valence-corrected chi connectivity index (χ2v) is 12.9. The van der Waals surface area contributed by atoms with Crippen molar-refractivity contribution in [3.8, 4) is 28.7 Å². The fraction of sp³-hybridized carbons (Fsp3) is 0.323. The zero-order valence-corrected chi connectivity index (χ0v) is 27.3. The molecule has 0 amide bonds. The predicted molar refractivity (Wildman–Crippen MR) is 173 cm³/mol. The molecule has 0 atom stereocenters. The molecule has 2 heterocycles. The van der Waals surface area contributed by atoms with E-state index in [0.29, 0.717) is 34.8 Å². The van der Waals surface area contributed by atoms with Crippen molar-refractivity contribution in [1.29, 1.82) is 0 Å². The van der Waals surface area contributed by atoms with Gasteiger partial charge in [0.15, 0.2) is 28.8 Å². The van der Waals surface area contributed by atoms with Crippen LogP contribution in [0.2, 0.25) is 10.0 Å². The van der Waals surface area contributed by atoms with Gasteiger partial charge >= 0.3 is 0 Å². The van der Waals surface area contributed by atoms with Gasteiger partial charge in [-0.2, -0.15) is 0 Å². The molecule has 0 radical (unpaired) electrons. The smallest absolute Gasteiger partial charge is 0.265 e. The summed E-state index contributed by atoms with van der Waals surface area (Å²) >= 11 is 12.1. The minimum absolute atomic E-state index is 0.0152. The summed E-state index contributed by atoms with van der Waals surface area (Å²) in [6.07, 6.45) is 2.42. The molecule has 0 bridgehead atoms. The monoisotopic (exact) mass is 678 g/mol. The number of pyridine rings is 1. The van der Waals surface area contributed by atoms with Crippen LogP contribution in [0.15, 0.2) is 59.6 Å². The average Bonchev–Trinajstić information content (AvgIpc) is 3.00. The van der Waals surface area contributed by atoms with Crippen LogP contribution in [0, 0.1) is 5.82 Å². The minimum Gasteiger partial charge on any atom is -0.494 e. The number of likely N-dealkylation sites (N-methyl/N-ethyl adjacent to an activating group) is 1. The number of nitrogens with one attached hydrogen (secondary N) is 1. The van der Waals surface area contributed by atoms with Crippen molar-refractivity contribution in [2.75, 3.05) is 65.3 Å². The molecule has 0 spiro atoms. The summed E-state index contributed by atoms with van der Waals surface area (Å²) in [5, 5.41) is 0.687. The highest BCUT2D eigenvalue weighted by molar-refractivity contribution is 7.92. The Morgan fingerprint density at radius 3 is 2.42 bits per heavy atom. The van der Waals surface area contributed by atoms with E-state index in [1.54, 1.807) is 31.5 Å². The third-order valence-corrected chi connectivity index (χ3v) is 9.22. The molecule has 1 aromatic heterocycles. The van der Waals surface area contributed by atoms with Gasteiger partial charge in [0, 0.05) is 61.5 Å². The van der Waals surface area contributed by atoms with Crippen molar-refractivity contribution in [2.45, 2.75) is 11.3 Å². The number of rotatable bonds is 12. The topological polar surface area (TPSA) is 102 Å². The molecule has 4 aromatic rings. The van der Waals surface area contributed by atoms with Crippen molar-refractivity contribution in [3.63, 3.8) is 0 Å². The SMILES string of the molecule is COc1cc2c(Oc3ccc(NS(=O)(=O)c4cc(Cl)cc(Cl)c4OC)cc3F)ccnc2cc1OCCCN1CCN(C)CC1. The summed E-state index contributed by atoms with van der Waals surface area (Å²) in [4.78, 5) is 8.89. The van der Waals surface area contributed by atoms with E-state index in [1.165, 1.54) is 31.4 Å². The summed E-state index contributed by atoms with van der Waals surface area (Å²) in [5.74, 6) is 0.342. The number of methoxy groups -OCH3 is 2. The number of aromatic nitrogens is 1. The minimum atomic E-state index is -4.24. The Labute approximate surface area is 271 Å². The fourth-order valence-electron chi connectivity index (χ4n) is 4.94. The largest absolute Gasteiger partial charge is 0.494 e. The second kappa shape index (κ2) is 14.3. The maximum Gasteiger partial charge on any atom is 0.265 e. The van der Waals surface area contributed by atoms with Gasteiger partial charge in [-0.1, -0.05) is 23.2 Å². The standard InChI is InChI=1S/C31H33Cl2FN4O6S/c1-37-10-12-38(13-11-37)9-4-14-43-29-19-25-22(18-28(29)41-2)26(7-8-35-25)44-27-6-5-21(17-24(27)34)36-45(39,40)30-16-20(32)15-23(33)31(30)42-3/h5-8,15-19,36H,4,9-14H2,1-3H3. The lowest BCUT2D eigenvalue weighted by Crippen LogP contribution is -2.44. The number of fused-ring (bicyclic) bond motifs is 1. The number of halogens is 3. The first-order valence-electron chi connectivity index (χ1n) is 14.1. The van der Waals surface area contributed by atoms with E-state index in [-0.39, 0.29) is 32.1 Å². The third-order valence-electron chi connectivity index (χ3n) is 7.33. The lowest BCUT2D eigenvalue weighted by atomic mass is 10.1. The van der Waals surface area contributed by atoms with Crippen molar-refractivity contribution < 1.29 is 31.8 Å². The Morgan fingerprint density at radius 2 is 1.71 bits per heavy atom. The summed E-state index contributed by atoms with van der Waals surface area (Å²) in [5.41, 5.74) is 0.523. The molecule has 1 aliphatic heterocycles. The van der Waals surface area contributed by atoms with Gasteiger partial charge in [-0.05, 0) is 49.9 Å². The normalized spacial score (nSPS) is 14.4. The van der Waals surface area contributed by atoms with E-state index in [9.17, 15) is 8.42 Å². The highest BCUT2D eigenvalue weighted by Gasteiger charge is 2.24. The second-order valence-electron chi connectivity index (χ2n) is 10.4. The molecule has 1 aliphatic rings. The number of piperazine rings is 1. The van der Waals surface area contributed by atoms with E-state index >= 15 is 4.39 Å². The van der Waals surface area contributed by atoms with Crippen molar-refractivity contribution in [2.24, 2.45) is 0 Å². The quantitative estimate of drug-likeness (QED) is 0.173. The van der Waals surface area contributed by atoms with E-state index in [2.05, 4.69) is 26.6 Å². The van der Waals surface area contributed by atoms with Gasteiger partial charge in [-0.15, -0.1) is 0 Å². The zero-order valence-electron chi connectivity index (χ0n) is 25.0. The molecule has 10 nitrogen and oxygen atoms in total. The molecule has 0 saturated carbocycles. The van der Waals surface area contributed by atoms with Crippen LogP contribution >= 0.6 is 23.2 Å². The molecule has 5 rings (SSSR count). The Balaban J connectivity index is 1.30. The third kappa shape index (κ3) is 7.82. The van der Waals surface area contributed by atoms with Gasteiger partial charge in [0.25, 0.3) is 10.0 Å². The van der Waals surface area contributed by atoms with Gasteiger partial charge in [-0.3, -0.25) is 9.71 Å². The molecular formula is C31H33Cl2FN4O6S. The van der Waals surface area contributed by atoms with Gasteiger partial charge in [0.2, 0.25) is 0 Å². The summed E-state index contributed by atoms with van der Waals surface area (Å²) in [6.45, 7) is 5.71. The van der Waals surface area contributed by atoms with Crippen molar-refractivity contribution >= 4 is 49.8 Å². The first-order valence-corrected chi connectivity index (χ1v) is 16.4. The number of anilines is 1. The lowest BCUT2D eigenvalue weighted by molar-refractivity contribution is 0.145. The van der Waals surface area contributed by atoms with Gasteiger partial charge in [0.05, 0.1) is 37.1 Å². The first-order chi connectivity index (χ1) is 21.6. The van der Waals surface area contributed by atoms with Crippen LogP contribution in [0.25, 0.3) is 10.9 Å². The number of nitrogens with zero attached hydrogens (tertiary/aromatic N) is 3. The highest BCUT2D eigenvalue weighted by Crippen LogP contribution is 2.39. The molecule has 240 valence electrons. The Bertz CT molecular complexity index is 1790. The maximum absolute atomic E-state index is 15.2. The predicted octanol–water partition coefficient (Wildman–Crippen LogP) is 6.31. The Hall–Kier alpha value is -3.55. The average molecular weight is 680 g/mol. The molecule has 14 heteroatoms. The molecule has 0 unspecified atom stereocenters. The van der Waals surface area contributed by atoms with Crippen LogP contribution in [0.4, 0.5) is 10.1 Å². The van der Waals surface area contributed by atoms with Crippen LogP contribution < -0.4 is 23.7 Å². The molecule has 0 aliphatic carbocycles. The molecular weight excluding hydrogens is 646 g/mol. The van der Waals surface area contributed by atoms with Crippen LogP contribution in [0.3, 0.4) is 0 Å². The van der Waals surface area contributed by atoms with E-state index in [1.807, 2.05) is 0 Å². The van der Waals surface area contributed by atoms with Crippen LogP contribution in [0.5, 0.6) is 28.7 Å². The molecule has 1 fully saturated rings. The Kier molecular flexibility index (Phi) is 10.4. The summed E-state index contributed by atoms with van der Waals surface area (Å²) in [7, 11) is 0.722. The maximum atomic E-state index is 15.2. The molecule has 1 saturated heterocycles. The van der Waals surface area contributed by atoms with Crippen LogP contribution in [-0.2, 0) is 10.0 Å². The van der Waals surface area contributed by atoms with Crippen molar-refractivity contribution in [3.05, 3.63) is 70.6 Å². The van der Waals surface area contributed by atoms with Gasteiger partial charge in [0.1, 0.15) is 10.6 Å². The van der Waals surface area contributed by atoms with E-state index < -0.39 is 15.8 Å². The molecule has 45 heavy (non-hydrogen) atoms. The van der Waals surface area contributed by atoms with E-state index in [0.717, 1.165) is 45.2 Å². The number of hydrogen-bond acceptors (Lipinski definition) is 9. The highest BCUT2D eigenvalue weighted by atomic mass is 35.5. The first kappa shape index (κ1) is 32.8. The Morgan fingerprint density at radius 1 is 0.933 bits per heavy atom. The summed E-state index contributed by atoms with van der Waals surface area (Å²) in [6, 6.07) is 11.3. The summed E-state index contributed by atoms with van der Waals surface area (Å²) < 4.78 is 66.4. The van der Waals surface area contributed by atoms with E-state index in [4.69, 9.17) is 42.1 Å².